The zero-order valence-corrected chi connectivity index (χ0v) is 19.9. The third-order valence-corrected chi connectivity index (χ3v) is 7.03. The van der Waals surface area contributed by atoms with Crippen LogP contribution in [0.4, 0.5) is 17.1 Å². The highest BCUT2D eigenvalue weighted by Crippen LogP contribution is 2.30. The number of benzene rings is 2. The summed E-state index contributed by atoms with van der Waals surface area (Å²) in [4.78, 5) is 30.7. The van der Waals surface area contributed by atoms with Gasteiger partial charge in [0, 0.05) is 63.0 Å². The Bertz CT molecular complexity index is 967. The molecule has 0 N–H and O–H groups in total. The normalized spacial score (nSPS) is 17.4. The van der Waals surface area contributed by atoms with Gasteiger partial charge in [0.05, 0.1) is 17.7 Å². The summed E-state index contributed by atoms with van der Waals surface area (Å²) in [7, 11) is 1.70. The van der Waals surface area contributed by atoms with Gasteiger partial charge in [0.1, 0.15) is 5.75 Å². The number of ether oxygens (including phenoxy) is 1. The standard InChI is InChI=1S/C26H34N4O4/c1-34-25-10-6-5-9-24(25)28-18-15-27(16-19-28)17-20-29(26(31)21-7-3-2-4-8-21)22-11-13-23(14-12-22)30(32)33/h5-6,9-14,21H,2-4,7-8,15-20H2,1H3. The molecule has 0 radical (unpaired) electrons. The fourth-order valence-electron chi connectivity index (χ4n) is 5.04. The van der Waals surface area contributed by atoms with Crippen molar-refractivity contribution in [2.24, 2.45) is 5.92 Å². The van der Waals surface area contributed by atoms with Gasteiger partial charge in [-0.3, -0.25) is 19.8 Å². The lowest BCUT2D eigenvalue weighted by Crippen LogP contribution is -2.49. The van der Waals surface area contributed by atoms with Crippen LogP contribution in [0, 0.1) is 16.0 Å². The average molecular weight is 467 g/mol. The van der Waals surface area contributed by atoms with Crippen LogP contribution in [-0.2, 0) is 4.79 Å². The first-order valence-electron chi connectivity index (χ1n) is 12.2. The van der Waals surface area contributed by atoms with Crippen LogP contribution < -0.4 is 14.5 Å². The highest BCUT2D eigenvalue weighted by molar-refractivity contribution is 5.95. The molecule has 8 heteroatoms. The fraction of sp³-hybridized carbons (Fsp3) is 0.500. The second kappa shape index (κ2) is 11.3. The molecule has 2 aromatic carbocycles. The van der Waals surface area contributed by atoms with Crippen LogP contribution in [0.15, 0.2) is 48.5 Å². The molecule has 1 aliphatic heterocycles. The lowest BCUT2D eigenvalue weighted by Gasteiger charge is -2.38. The third kappa shape index (κ3) is 5.67. The quantitative estimate of drug-likeness (QED) is 0.425. The monoisotopic (exact) mass is 466 g/mol. The molecule has 1 heterocycles. The summed E-state index contributed by atoms with van der Waals surface area (Å²) in [5.41, 5.74) is 1.90. The Kier molecular flexibility index (Phi) is 8.00. The second-order valence-electron chi connectivity index (χ2n) is 9.10. The van der Waals surface area contributed by atoms with Gasteiger partial charge in [-0.15, -0.1) is 0 Å². The zero-order valence-electron chi connectivity index (χ0n) is 19.9. The maximum atomic E-state index is 13.4. The van der Waals surface area contributed by atoms with Crippen LogP contribution >= 0.6 is 0 Å². The van der Waals surface area contributed by atoms with Gasteiger partial charge in [-0.05, 0) is 37.1 Å². The van der Waals surface area contributed by atoms with Gasteiger partial charge in [0.15, 0.2) is 0 Å². The maximum absolute atomic E-state index is 13.4. The zero-order chi connectivity index (χ0) is 23.9. The molecule has 4 rings (SSSR count). The molecule has 2 aromatic rings. The summed E-state index contributed by atoms with van der Waals surface area (Å²) in [6.45, 7) is 4.97. The van der Waals surface area contributed by atoms with E-state index in [2.05, 4.69) is 15.9 Å². The molecule has 0 unspecified atom stereocenters. The number of nitrogens with zero attached hydrogens (tertiary/aromatic N) is 4. The van der Waals surface area contributed by atoms with Crippen molar-refractivity contribution in [2.45, 2.75) is 32.1 Å². The number of non-ortho nitro benzene ring substituents is 1. The van der Waals surface area contributed by atoms with Crippen LogP contribution in [0.1, 0.15) is 32.1 Å². The smallest absolute Gasteiger partial charge is 0.269 e. The molecule has 34 heavy (non-hydrogen) atoms. The molecule has 8 nitrogen and oxygen atoms in total. The van der Waals surface area contributed by atoms with Gasteiger partial charge in [-0.25, -0.2) is 0 Å². The van der Waals surface area contributed by atoms with Crippen molar-refractivity contribution >= 4 is 23.0 Å². The Hall–Kier alpha value is -3.13. The minimum Gasteiger partial charge on any atom is -0.495 e. The molecule has 2 aliphatic rings. The van der Waals surface area contributed by atoms with E-state index in [1.54, 1.807) is 19.2 Å². The number of carbonyl (C=O) groups is 1. The predicted molar refractivity (Wildman–Crippen MR) is 134 cm³/mol. The Morgan fingerprint density at radius 1 is 1.03 bits per heavy atom. The number of rotatable bonds is 8. The molecule has 2 fully saturated rings. The molecule has 1 aliphatic carbocycles. The number of methoxy groups -OCH3 is 1. The first-order chi connectivity index (χ1) is 16.6. The number of hydrogen-bond donors (Lipinski definition) is 0. The Labute approximate surface area is 201 Å². The molecule has 1 saturated carbocycles. The molecule has 1 amide bonds. The molecule has 0 atom stereocenters. The number of anilines is 2. The minimum atomic E-state index is -0.404. The van der Waals surface area contributed by atoms with E-state index >= 15 is 0 Å². The number of piperazine rings is 1. The molecule has 0 spiro atoms. The number of para-hydroxylation sites is 2. The van der Waals surface area contributed by atoms with E-state index in [0.29, 0.717) is 6.54 Å². The second-order valence-corrected chi connectivity index (χ2v) is 9.10. The lowest BCUT2D eigenvalue weighted by atomic mass is 9.88. The van der Waals surface area contributed by atoms with E-state index < -0.39 is 4.92 Å². The number of nitro groups is 1. The first-order valence-corrected chi connectivity index (χ1v) is 12.2. The number of carbonyl (C=O) groups excluding carboxylic acids is 1. The van der Waals surface area contributed by atoms with Gasteiger partial charge >= 0.3 is 0 Å². The van der Waals surface area contributed by atoms with Crippen LogP contribution in [0.3, 0.4) is 0 Å². The number of amides is 1. The summed E-state index contributed by atoms with van der Waals surface area (Å²) in [5.74, 6) is 1.09. The van der Waals surface area contributed by atoms with E-state index in [-0.39, 0.29) is 17.5 Å². The third-order valence-electron chi connectivity index (χ3n) is 7.03. The van der Waals surface area contributed by atoms with Crippen LogP contribution in [-0.4, -0.2) is 62.1 Å². The van der Waals surface area contributed by atoms with Gasteiger partial charge in [0.25, 0.3) is 5.69 Å². The van der Waals surface area contributed by atoms with Crippen LogP contribution in [0.2, 0.25) is 0 Å². The van der Waals surface area contributed by atoms with Crippen molar-refractivity contribution in [3.05, 3.63) is 58.6 Å². The largest absolute Gasteiger partial charge is 0.495 e. The van der Waals surface area contributed by atoms with E-state index in [1.165, 1.54) is 18.6 Å². The predicted octanol–water partition coefficient (Wildman–Crippen LogP) is 4.34. The molecule has 0 bridgehead atoms. The van der Waals surface area contributed by atoms with Crippen molar-refractivity contribution in [1.29, 1.82) is 0 Å². The van der Waals surface area contributed by atoms with Crippen molar-refractivity contribution in [2.75, 3.05) is 56.2 Å². The van der Waals surface area contributed by atoms with Crippen molar-refractivity contribution in [3.8, 4) is 5.75 Å². The van der Waals surface area contributed by atoms with E-state index in [9.17, 15) is 14.9 Å². The summed E-state index contributed by atoms with van der Waals surface area (Å²) >= 11 is 0. The van der Waals surface area contributed by atoms with E-state index in [4.69, 9.17) is 4.74 Å². The average Bonchev–Trinajstić information content (AvgIpc) is 2.90. The molecule has 182 valence electrons. The molecular weight excluding hydrogens is 432 g/mol. The summed E-state index contributed by atoms with van der Waals surface area (Å²) in [6, 6.07) is 14.5. The minimum absolute atomic E-state index is 0.0428. The number of hydrogen-bond acceptors (Lipinski definition) is 6. The molecule has 1 saturated heterocycles. The fourth-order valence-corrected chi connectivity index (χ4v) is 5.04. The van der Waals surface area contributed by atoms with E-state index in [0.717, 1.165) is 75.5 Å². The highest BCUT2D eigenvalue weighted by atomic mass is 16.6. The maximum Gasteiger partial charge on any atom is 0.269 e. The lowest BCUT2D eigenvalue weighted by molar-refractivity contribution is -0.384. The van der Waals surface area contributed by atoms with Gasteiger partial charge in [0.2, 0.25) is 5.91 Å². The topological polar surface area (TPSA) is 79.2 Å². The van der Waals surface area contributed by atoms with Crippen molar-refractivity contribution in [1.82, 2.24) is 4.90 Å². The number of nitro benzene ring substituents is 1. The Morgan fingerprint density at radius 2 is 1.71 bits per heavy atom. The SMILES string of the molecule is COc1ccccc1N1CCN(CCN(C(=O)C2CCCCC2)c2ccc([N+](=O)[O-])cc2)CC1. The van der Waals surface area contributed by atoms with Crippen LogP contribution in [0.5, 0.6) is 5.75 Å². The Morgan fingerprint density at radius 3 is 2.35 bits per heavy atom. The van der Waals surface area contributed by atoms with Crippen molar-refractivity contribution in [3.63, 3.8) is 0 Å². The Balaban J connectivity index is 1.40. The summed E-state index contributed by atoms with van der Waals surface area (Å²) < 4.78 is 5.52. The first kappa shape index (κ1) is 24.0. The van der Waals surface area contributed by atoms with Gasteiger partial charge in [-0.2, -0.15) is 0 Å². The van der Waals surface area contributed by atoms with E-state index in [1.807, 2.05) is 23.1 Å². The van der Waals surface area contributed by atoms with Gasteiger partial charge in [-0.1, -0.05) is 31.4 Å². The molecule has 0 aromatic heterocycles. The molecular formula is C26H34N4O4. The van der Waals surface area contributed by atoms with Crippen molar-refractivity contribution < 1.29 is 14.5 Å². The van der Waals surface area contributed by atoms with Crippen LogP contribution in [0.25, 0.3) is 0 Å². The van der Waals surface area contributed by atoms with Gasteiger partial charge < -0.3 is 14.5 Å². The highest BCUT2D eigenvalue weighted by Gasteiger charge is 2.28. The summed E-state index contributed by atoms with van der Waals surface area (Å²) in [5, 5.41) is 11.1. The summed E-state index contributed by atoms with van der Waals surface area (Å²) in [6.07, 6.45) is 5.24.